The zero-order chi connectivity index (χ0) is 23.5. The Morgan fingerprint density at radius 1 is 1.09 bits per heavy atom. The third kappa shape index (κ3) is 5.10. The highest BCUT2D eigenvalue weighted by molar-refractivity contribution is 5.91. The van der Waals surface area contributed by atoms with E-state index in [1.54, 1.807) is 0 Å². The third-order valence-electron chi connectivity index (χ3n) is 6.38. The van der Waals surface area contributed by atoms with Crippen LogP contribution in [0.5, 0.6) is 0 Å². The molecule has 0 aliphatic carbocycles. The molecule has 1 fully saturated rings. The summed E-state index contributed by atoms with van der Waals surface area (Å²) in [7, 11) is 0. The van der Waals surface area contributed by atoms with Gasteiger partial charge in [-0.05, 0) is 48.8 Å². The highest BCUT2D eigenvalue weighted by Crippen LogP contribution is 2.33. The number of para-hydroxylation sites is 1. The lowest BCUT2D eigenvalue weighted by Crippen LogP contribution is -2.42. The molecule has 1 aromatic heterocycles. The zero-order valence-electron chi connectivity index (χ0n) is 20.3. The zero-order valence-corrected chi connectivity index (χ0v) is 20.3. The molecule has 1 saturated heterocycles. The number of rotatable bonds is 5. The van der Waals surface area contributed by atoms with Gasteiger partial charge in [-0.2, -0.15) is 4.98 Å². The Kier molecular flexibility index (Phi) is 6.82. The van der Waals surface area contributed by atoms with Gasteiger partial charge in [0.15, 0.2) is 0 Å². The molecule has 1 N–H and O–H groups in total. The summed E-state index contributed by atoms with van der Waals surface area (Å²) in [5.74, 6) is 1.90. The number of urea groups is 1. The smallest absolute Gasteiger partial charge is 0.321 e. The maximum Gasteiger partial charge on any atom is 0.321 e. The Hall–Kier alpha value is -3.15. The van der Waals surface area contributed by atoms with Crippen LogP contribution in [0.25, 0.3) is 11.4 Å². The van der Waals surface area contributed by atoms with Crippen molar-refractivity contribution >= 4 is 11.7 Å². The van der Waals surface area contributed by atoms with E-state index in [0.29, 0.717) is 30.1 Å². The van der Waals surface area contributed by atoms with Crippen molar-refractivity contribution in [3.8, 4) is 11.4 Å². The van der Waals surface area contributed by atoms with E-state index in [2.05, 4.69) is 61.4 Å². The van der Waals surface area contributed by atoms with Crippen molar-refractivity contribution in [1.82, 2.24) is 15.0 Å². The summed E-state index contributed by atoms with van der Waals surface area (Å²) >= 11 is 0. The second kappa shape index (κ2) is 9.77. The van der Waals surface area contributed by atoms with Gasteiger partial charge < -0.3 is 14.7 Å². The SMILES string of the molecule is Cc1cccc(-c2noc([C@@H]3CCCN(C(=O)Nc4c(C(C)C)cccc4C(C)C)C3)n2)c1. The summed E-state index contributed by atoms with van der Waals surface area (Å²) in [6.45, 7) is 12.0. The van der Waals surface area contributed by atoms with Crippen molar-refractivity contribution in [3.63, 3.8) is 0 Å². The molecule has 2 aromatic carbocycles. The summed E-state index contributed by atoms with van der Waals surface area (Å²) in [4.78, 5) is 19.8. The van der Waals surface area contributed by atoms with Gasteiger partial charge in [0.05, 0.1) is 5.92 Å². The van der Waals surface area contributed by atoms with Crippen molar-refractivity contribution in [2.24, 2.45) is 0 Å². The van der Waals surface area contributed by atoms with Crippen LogP contribution in [0.4, 0.5) is 10.5 Å². The summed E-state index contributed by atoms with van der Waals surface area (Å²) in [6, 6.07) is 14.3. The molecule has 4 rings (SSSR count). The van der Waals surface area contributed by atoms with Crippen LogP contribution in [0.1, 0.15) is 80.9 Å². The molecular formula is C27H34N4O2. The van der Waals surface area contributed by atoms with E-state index in [1.165, 1.54) is 11.1 Å². The van der Waals surface area contributed by atoms with Crippen LogP contribution in [0.3, 0.4) is 0 Å². The molecule has 1 aliphatic rings. The molecule has 1 atom stereocenters. The molecule has 0 unspecified atom stereocenters. The number of nitrogens with one attached hydrogen (secondary N) is 1. The first-order chi connectivity index (χ1) is 15.8. The molecular weight excluding hydrogens is 412 g/mol. The fourth-order valence-electron chi connectivity index (χ4n) is 4.55. The number of piperidine rings is 1. The molecule has 6 heteroatoms. The van der Waals surface area contributed by atoms with Crippen LogP contribution < -0.4 is 5.32 Å². The minimum Gasteiger partial charge on any atom is -0.339 e. The maximum absolute atomic E-state index is 13.3. The van der Waals surface area contributed by atoms with Crippen LogP contribution >= 0.6 is 0 Å². The van der Waals surface area contributed by atoms with Gasteiger partial charge in [0, 0.05) is 24.3 Å². The second-order valence-electron chi connectivity index (χ2n) is 9.66. The molecule has 0 bridgehead atoms. The van der Waals surface area contributed by atoms with E-state index < -0.39 is 0 Å². The quantitative estimate of drug-likeness (QED) is 0.473. The number of nitrogens with zero attached hydrogens (tertiary/aromatic N) is 3. The second-order valence-corrected chi connectivity index (χ2v) is 9.66. The Morgan fingerprint density at radius 2 is 1.79 bits per heavy atom. The van der Waals surface area contributed by atoms with Gasteiger partial charge in [-0.25, -0.2) is 4.79 Å². The fraction of sp³-hybridized carbons (Fsp3) is 0.444. The highest BCUT2D eigenvalue weighted by atomic mass is 16.5. The van der Waals surface area contributed by atoms with E-state index in [-0.39, 0.29) is 11.9 Å². The summed E-state index contributed by atoms with van der Waals surface area (Å²) in [6.07, 6.45) is 1.84. The van der Waals surface area contributed by atoms with Crippen molar-refractivity contribution < 1.29 is 9.32 Å². The lowest BCUT2D eigenvalue weighted by molar-refractivity contribution is 0.184. The number of anilines is 1. The Balaban J connectivity index is 1.50. The largest absolute Gasteiger partial charge is 0.339 e. The third-order valence-corrected chi connectivity index (χ3v) is 6.38. The number of aromatic nitrogens is 2. The molecule has 0 saturated carbocycles. The summed E-state index contributed by atoms with van der Waals surface area (Å²) in [5.41, 5.74) is 5.39. The molecule has 2 heterocycles. The van der Waals surface area contributed by atoms with Crippen LogP contribution in [-0.4, -0.2) is 34.2 Å². The van der Waals surface area contributed by atoms with Crippen molar-refractivity contribution in [1.29, 1.82) is 0 Å². The number of likely N-dealkylation sites (tertiary alicyclic amines) is 1. The first-order valence-electron chi connectivity index (χ1n) is 11.9. The average molecular weight is 447 g/mol. The monoisotopic (exact) mass is 446 g/mol. The lowest BCUT2D eigenvalue weighted by atomic mass is 9.92. The number of amides is 2. The number of benzene rings is 2. The predicted molar refractivity (Wildman–Crippen MR) is 132 cm³/mol. The van der Waals surface area contributed by atoms with Crippen LogP contribution in [0.2, 0.25) is 0 Å². The average Bonchev–Trinajstić information content (AvgIpc) is 3.29. The number of aryl methyl sites for hydroxylation is 1. The van der Waals surface area contributed by atoms with E-state index in [1.807, 2.05) is 36.1 Å². The van der Waals surface area contributed by atoms with Crippen molar-refractivity contribution in [2.75, 3.05) is 18.4 Å². The highest BCUT2D eigenvalue weighted by Gasteiger charge is 2.29. The fourth-order valence-corrected chi connectivity index (χ4v) is 4.55. The van der Waals surface area contributed by atoms with Crippen LogP contribution in [0.15, 0.2) is 47.0 Å². The normalized spacial score (nSPS) is 16.5. The minimum absolute atomic E-state index is 0.0421. The van der Waals surface area contributed by atoms with Gasteiger partial charge in [0.25, 0.3) is 0 Å². The molecule has 0 radical (unpaired) electrons. The van der Waals surface area contributed by atoms with Gasteiger partial charge in [-0.1, -0.05) is 74.8 Å². The van der Waals surface area contributed by atoms with Gasteiger partial charge in [0.2, 0.25) is 11.7 Å². The molecule has 174 valence electrons. The molecule has 2 amide bonds. The van der Waals surface area contributed by atoms with E-state index in [0.717, 1.165) is 36.2 Å². The predicted octanol–water partition coefficient (Wildman–Crippen LogP) is 6.70. The minimum atomic E-state index is -0.0619. The van der Waals surface area contributed by atoms with Crippen LogP contribution in [0, 0.1) is 6.92 Å². The lowest BCUT2D eigenvalue weighted by Gasteiger charge is -2.32. The molecule has 1 aliphatic heterocycles. The Labute approximate surface area is 196 Å². The van der Waals surface area contributed by atoms with Gasteiger partial charge >= 0.3 is 6.03 Å². The number of carbonyl (C=O) groups excluding carboxylic acids is 1. The van der Waals surface area contributed by atoms with Crippen molar-refractivity contribution in [2.45, 2.75) is 65.2 Å². The molecule has 6 nitrogen and oxygen atoms in total. The number of hydrogen-bond donors (Lipinski definition) is 1. The number of hydrogen-bond acceptors (Lipinski definition) is 4. The van der Waals surface area contributed by atoms with Crippen molar-refractivity contribution in [3.05, 3.63) is 65.0 Å². The molecule has 3 aromatic rings. The Bertz CT molecular complexity index is 1090. The first-order valence-corrected chi connectivity index (χ1v) is 11.9. The molecule has 0 spiro atoms. The Morgan fingerprint density at radius 3 is 2.45 bits per heavy atom. The summed E-state index contributed by atoms with van der Waals surface area (Å²) < 4.78 is 5.63. The standard InChI is InChI=1S/C27H34N4O2/c1-17(2)22-12-7-13-23(18(3)4)24(22)28-27(32)31-14-8-11-21(16-31)26-29-25(30-33-26)20-10-6-9-19(5)15-20/h6-7,9-10,12-13,15,17-18,21H,8,11,14,16H2,1-5H3,(H,28,32)/t21-/m1/s1. The van der Waals surface area contributed by atoms with Gasteiger partial charge in [-0.3, -0.25) is 0 Å². The molecule has 33 heavy (non-hydrogen) atoms. The van der Waals surface area contributed by atoms with E-state index in [9.17, 15) is 4.79 Å². The van der Waals surface area contributed by atoms with Gasteiger partial charge in [-0.15, -0.1) is 0 Å². The first kappa shape index (κ1) is 23.0. The topological polar surface area (TPSA) is 71.3 Å². The van der Waals surface area contributed by atoms with Crippen LogP contribution in [-0.2, 0) is 0 Å². The number of carbonyl (C=O) groups is 1. The maximum atomic E-state index is 13.3. The van der Waals surface area contributed by atoms with Gasteiger partial charge in [0.1, 0.15) is 0 Å². The summed E-state index contributed by atoms with van der Waals surface area (Å²) in [5, 5.41) is 7.44. The van der Waals surface area contributed by atoms with E-state index in [4.69, 9.17) is 4.52 Å². The van der Waals surface area contributed by atoms with E-state index >= 15 is 0 Å².